The van der Waals surface area contributed by atoms with E-state index in [4.69, 9.17) is 12.8 Å². The van der Waals surface area contributed by atoms with Gasteiger partial charge in [0, 0.05) is 12.6 Å². The number of hydrogen-bond donors (Lipinski definition) is 0. The molecule has 2 rings (SSSR count). The molecule has 0 aliphatic carbocycles. The Morgan fingerprint density at radius 3 is 2.86 bits per heavy atom. The minimum atomic E-state index is 0.140. The third kappa shape index (κ3) is 1.15. The van der Waals surface area contributed by atoms with E-state index in [2.05, 4.69) is 37.1 Å². The summed E-state index contributed by atoms with van der Waals surface area (Å²) in [6, 6.07) is 8.89. The van der Waals surface area contributed by atoms with E-state index in [0.29, 0.717) is 0 Å². The summed E-state index contributed by atoms with van der Waals surface area (Å²) in [5.41, 5.74) is 3.48. The van der Waals surface area contributed by atoms with Crippen molar-refractivity contribution in [1.29, 1.82) is 0 Å². The highest BCUT2D eigenvalue weighted by atomic mass is 15.1. The molecule has 0 saturated carbocycles. The van der Waals surface area contributed by atoms with Gasteiger partial charge >= 0.3 is 0 Å². The summed E-state index contributed by atoms with van der Waals surface area (Å²) in [6.45, 7) is 2.80. The Bertz CT molecular complexity index is 445. The molecule has 0 fully saturated rings. The van der Waals surface area contributed by atoms with Crippen molar-refractivity contribution in [2.75, 3.05) is 11.4 Å². The molecule has 0 amide bonds. The van der Waals surface area contributed by atoms with Crippen LogP contribution in [0.3, 0.4) is 0 Å². The van der Waals surface area contributed by atoms with E-state index in [-0.39, 0.29) is 5.92 Å². The summed E-state index contributed by atoms with van der Waals surface area (Å²) < 4.78 is 0. The van der Waals surface area contributed by atoms with Gasteiger partial charge in [-0.2, -0.15) is 0 Å². The van der Waals surface area contributed by atoms with E-state index < -0.39 is 0 Å². The number of benzene rings is 1. The van der Waals surface area contributed by atoms with Crippen molar-refractivity contribution in [3.05, 3.63) is 29.3 Å². The molecule has 14 heavy (non-hydrogen) atoms. The fraction of sp³-hybridized carbons (Fsp3) is 0.231. The summed E-state index contributed by atoms with van der Waals surface area (Å²) in [5, 5.41) is 0. The van der Waals surface area contributed by atoms with E-state index in [1.165, 1.54) is 11.1 Å². The van der Waals surface area contributed by atoms with Gasteiger partial charge in [0.25, 0.3) is 0 Å². The Morgan fingerprint density at radius 1 is 1.43 bits per heavy atom. The third-order valence-electron chi connectivity index (χ3n) is 2.57. The third-order valence-corrected chi connectivity index (χ3v) is 2.57. The van der Waals surface area contributed by atoms with Gasteiger partial charge in [0.2, 0.25) is 0 Å². The van der Waals surface area contributed by atoms with Crippen molar-refractivity contribution >= 4 is 5.69 Å². The van der Waals surface area contributed by atoms with Crippen molar-refractivity contribution in [1.82, 2.24) is 0 Å². The number of aryl methyl sites for hydroxylation is 1. The minimum Gasteiger partial charge on any atom is -0.300 e. The lowest BCUT2D eigenvalue weighted by Crippen LogP contribution is -2.13. The van der Waals surface area contributed by atoms with Crippen LogP contribution >= 0.6 is 0 Å². The largest absolute Gasteiger partial charge is 0.300 e. The monoisotopic (exact) mass is 181 g/mol. The van der Waals surface area contributed by atoms with Crippen LogP contribution in [0, 0.1) is 31.7 Å². The van der Waals surface area contributed by atoms with Crippen molar-refractivity contribution < 1.29 is 0 Å². The molecule has 1 atom stereocenters. The Hall–Kier alpha value is -1.86. The van der Waals surface area contributed by atoms with Crippen LogP contribution in [-0.2, 0) is 0 Å². The average molecular weight is 181 g/mol. The van der Waals surface area contributed by atoms with Crippen molar-refractivity contribution in [2.45, 2.75) is 12.8 Å². The number of fused-ring (bicyclic) bond motifs is 1. The zero-order valence-electron chi connectivity index (χ0n) is 8.12. The Morgan fingerprint density at radius 2 is 2.21 bits per heavy atom. The summed E-state index contributed by atoms with van der Waals surface area (Å²) in [6.07, 6.45) is 10.9. The summed E-state index contributed by atoms with van der Waals surface area (Å²) in [7, 11) is 0. The first-order chi connectivity index (χ1) is 6.76. The van der Waals surface area contributed by atoms with Gasteiger partial charge in [-0.3, -0.25) is 4.90 Å². The maximum Gasteiger partial charge on any atom is 0.0656 e. The standard InChI is InChI=1S/C13H11N/c1-4-11-9-14(5-2)13-8-10(3)6-7-12(11)13/h1-2,6-8,11H,9H2,3H3. The van der Waals surface area contributed by atoms with Gasteiger partial charge in [0.1, 0.15) is 0 Å². The van der Waals surface area contributed by atoms with E-state index in [1.54, 1.807) is 0 Å². The zero-order chi connectivity index (χ0) is 10.1. The predicted octanol–water partition coefficient (Wildman–Crippen LogP) is 2.12. The van der Waals surface area contributed by atoms with Gasteiger partial charge in [0.05, 0.1) is 11.6 Å². The fourth-order valence-corrected chi connectivity index (χ4v) is 1.83. The van der Waals surface area contributed by atoms with Gasteiger partial charge in [-0.05, 0) is 24.1 Å². The molecule has 1 heterocycles. The molecule has 0 saturated heterocycles. The van der Waals surface area contributed by atoms with Crippen LogP contribution in [0.5, 0.6) is 0 Å². The molecule has 68 valence electrons. The molecule has 1 aromatic carbocycles. The molecule has 1 nitrogen and oxygen atoms in total. The normalized spacial score (nSPS) is 18.5. The predicted molar refractivity (Wildman–Crippen MR) is 58.9 cm³/mol. The number of hydrogen-bond acceptors (Lipinski definition) is 1. The van der Waals surface area contributed by atoms with E-state index >= 15 is 0 Å². The quantitative estimate of drug-likeness (QED) is 0.554. The summed E-state index contributed by atoms with van der Waals surface area (Å²) in [5.74, 6) is 2.91. The molecule has 0 spiro atoms. The van der Waals surface area contributed by atoms with Gasteiger partial charge in [-0.15, -0.1) is 6.42 Å². The van der Waals surface area contributed by atoms with Crippen LogP contribution in [0.1, 0.15) is 17.0 Å². The van der Waals surface area contributed by atoms with E-state index in [0.717, 1.165) is 12.2 Å². The first-order valence-corrected chi connectivity index (χ1v) is 4.56. The summed E-state index contributed by atoms with van der Waals surface area (Å²) in [4.78, 5) is 1.88. The first kappa shape index (κ1) is 8.73. The molecule has 1 aromatic rings. The Balaban J connectivity index is 2.56. The lowest BCUT2D eigenvalue weighted by atomic mass is 10.0. The SMILES string of the molecule is C#CC1CN(C#C)c2cc(C)ccc21. The van der Waals surface area contributed by atoms with Crippen molar-refractivity contribution in [2.24, 2.45) is 0 Å². The zero-order valence-corrected chi connectivity index (χ0v) is 8.12. The topological polar surface area (TPSA) is 3.24 Å². The van der Waals surface area contributed by atoms with Crippen molar-refractivity contribution in [3.63, 3.8) is 0 Å². The molecule has 0 radical (unpaired) electrons. The lowest BCUT2D eigenvalue weighted by molar-refractivity contribution is 0.924. The highest BCUT2D eigenvalue weighted by Crippen LogP contribution is 2.35. The molecule has 1 aliphatic rings. The first-order valence-electron chi connectivity index (χ1n) is 4.56. The number of nitrogens with zero attached hydrogens (tertiary/aromatic N) is 1. The minimum absolute atomic E-state index is 0.140. The maximum atomic E-state index is 5.46. The van der Waals surface area contributed by atoms with Crippen LogP contribution in [-0.4, -0.2) is 6.54 Å². The van der Waals surface area contributed by atoms with Crippen LogP contribution < -0.4 is 4.90 Å². The number of terminal acetylenes is 2. The van der Waals surface area contributed by atoms with E-state index in [1.807, 2.05) is 4.90 Å². The Labute approximate surface area is 84.7 Å². The van der Waals surface area contributed by atoms with Gasteiger partial charge in [0.15, 0.2) is 0 Å². The van der Waals surface area contributed by atoms with Crippen LogP contribution in [0.2, 0.25) is 0 Å². The molecular weight excluding hydrogens is 170 g/mol. The van der Waals surface area contributed by atoms with Gasteiger partial charge < -0.3 is 0 Å². The number of anilines is 1. The van der Waals surface area contributed by atoms with Gasteiger partial charge in [-0.1, -0.05) is 24.5 Å². The molecular formula is C13H11N. The number of rotatable bonds is 0. The second-order valence-corrected chi connectivity index (χ2v) is 3.52. The molecule has 0 N–H and O–H groups in total. The van der Waals surface area contributed by atoms with Crippen LogP contribution in [0.15, 0.2) is 18.2 Å². The highest BCUT2D eigenvalue weighted by Gasteiger charge is 2.25. The molecule has 1 unspecified atom stereocenters. The molecule has 0 bridgehead atoms. The Kier molecular flexibility index (Phi) is 1.95. The summed E-state index contributed by atoms with van der Waals surface area (Å²) >= 11 is 0. The van der Waals surface area contributed by atoms with Crippen molar-refractivity contribution in [3.8, 4) is 24.8 Å². The smallest absolute Gasteiger partial charge is 0.0656 e. The van der Waals surface area contributed by atoms with Crippen LogP contribution in [0.25, 0.3) is 0 Å². The maximum absolute atomic E-state index is 5.46. The second-order valence-electron chi connectivity index (χ2n) is 3.52. The lowest BCUT2D eigenvalue weighted by Gasteiger charge is -2.09. The average Bonchev–Trinajstić information content (AvgIpc) is 2.55. The highest BCUT2D eigenvalue weighted by molar-refractivity contribution is 5.66. The molecule has 1 aliphatic heterocycles. The van der Waals surface area contributed by atoms with Gasteiger partial charge in [-0.25, -0.2) is 0 Å². The second kappa shape index (κ2) is 3.13. The molecule has 1 heteroatoms. The fourth-order valence-electron chi connectivity index (χ4n) is 1.83. The molecule has 0 aromatic heterocycles. The van der Waals surface area contributed by atoms with Crippen LogP contribution in [0.4, 0.5) is 5.69 Å². The van der Waals surface area contributed by atoms with E-state index in [9.17, 15) is 0 Å².